The van der Waals surface area contributed by atoms with E-state index in [9.17, 15) is 9.59 Å². The van der Waals surface area contributed by atoms with Crippen LogP contribution in [0.15, 0.2) is 47.7 Å². The van der Waals surface area contributed by atoms with Crippen LogP contribution >= 0.6 is 0 Å². The van der Waals surface area contributed by atoms with Crippen LogP contribution in [-0.4, -0.2) is 25.4 Å². The second-order valence-electron chi connectivity index (χ2n) is 6.04. The Balaban J connectivity index is 1.96. The van der Waals surface area contributed by atoms with E-state index in [2.05, 4.69) is 20.3 Å². The van der Waals surface area contributed by atoms with Gasteiger partial charge in [-0.05, 0) is 32.9 Å². The lowest BCUT2D eigenvalue weighted by atomic mass is 10.2. The molecular formula is C19H19N5O2. The summed E-state index contributed by atoms with van der Waals surface area (Å²) in [5.41, 5.74) is 3.05. The van der Waals surface area contributed by atoms with Crippen molar-refractivity contribution in [3.63, 3.8) is 0 Å². The van der Waals surface area contributed by atoms with Crippen LogP contribution in [0, 0.1) is 20.8 Å². The number of nitrogens with one attached hydrogen (secondary N) is 1. The number of nitrogens with zero attached hydrogens (tertiary/aromatic N) is 4. The van der Waals surface area contributed by atoms with Crippen molar-refractivity contribution < 1.29 is 4.79 Å². The fraction of sp³-hybridized carbons (Fsp3) is 0.211. The summed E-state index contributed by atoms with van der Waals surface area (Å²) in [6.07, 6.45) is 4.58. The lowest BCUT2D eigenvalue weighted by Crippen LogP contribution is -2.32. The van der Waals surface area contributed by atoms with E-state index in [1.165, 1.54) is 23.2 Å². The van der Waals surface area contributed by atoms with Gasteiger partial charge in [-0.15, -0.1) is 0 Å². The van der Waals surface area contributed by atoms with Crippen molar-refractivity contribution in [1.29, 1.82) is 0 Å². The van der Waals surface area contributed by atoms with Gasteiger partial charge in [-0.3, -0.25) is 19.1 Å². The van der Waals surface area contributed by atoms with Crippen molar-refractivity contribution >= 4 is 11.6 Å². The van der Waals surface area contributed by atoms with Crippen LogP contribution in [0.2, 0.25) is 0 Å². The quantitative estimate of drug-likeness (QED) is 0.780. The largest absolute Gasteiger partial charge is 0.325 e. The first-order chi connectivity index (χ1) is 12.5. The zero-order valence-corrected chi connectivity index (χ0v) is 14.9. The number of hydrogen-bond acceptors (Lipinski definition) is 5. The summed E-state index contributed by atoms with van der Waals surface area (Å²) in [5.74, 6) is 0.0106. The number of carbonyl (C=O) groups is 1. The minimum absolute atomic E-state index is 0.160. The Hall–Kier alpha value is -3.35. The number of rotatable bonds is 4. The monoisotopic (exact) mass is 349 g/mol. The minimum Gasteiger partial charge on any atom is -0.325 e. The van der Waals surface area contributed by atoms with Gasteiger partial charge in [0.15, 0.2) is 5.82 Å². The zero-order chi connectivity index (χ0) is 18.7. The van der Waals surface area contributed by atoms with Crippen LogP contribution in [0.1, 0.15) is 16.8 Å². The third-order valence-corrected chi connectivity index (χ3v) is 4.07. The molecule has 2 aromatic heterocycles. The second-order valence-corrected chi connectivity index (χ2v) is 6.04. The lowest BCUT2D eigenvalue weighted by molar-refractivity contribution is -0.116. The standard InChI is InChI=1S/C19H19N5O2/c1-12-4-6-15(7-5-12)23-17(25)11-24-18(16-10-20-8-9-21-16)22-14(3)13(2)19(24)26/h4-10H,11H2,1-3H3,(H,23,25). The van der Waals surface area contributed by atoms with Crippen LogP contribution < -0.4 is 10.9 Å². The molecule has 0 fully saturated rings. The van der Waals surface area contributed by atoms with Crippen molar-refractivity contribution in [2.75, 3.05) is 5.32 Å². The number of benzene rings is 1. The topological polar surface area (TPSA) is 89.8 Å². The Morgan fingerprint density at radius 1 is 1.12 bits per heavy atom. The lowest BCUT2D eigenvalue weighted by Gasteiger charge is -2.14. The molecule has 0 aliphatic carbocycles. The molecule has 132 valence electrons. The van der Waals surface area contributed by atoms with Gasteiger partial charge in [-0.1, -0.05) is 17.7 Å². The van der Waals surface area contributed by atoms with Gasteiger partial charge >= 0.3 is 0 Å². The minimum atomic E-state index is -0.314. The average molecular weight is 349 g/mol. The Bertz CT molecular complexity index is 995. The maximum Gasteiger partial charge on any atom is 0.257 e. The first-order valence-corrected chi connectivity index (χ1v) is 8.16. The zero-order valence-electron chi connectivity index (χ0n) is 14.9. The van der Waals surface area contributed by atoms with Gasteiger partial charge in [0, 0.05) is 29.3 Å². The van der Waals surface area contributed by atoms with Gasteiger partial charge in [0.25, 0.3) is 5.56 Å². The number of amides is 1. The highest BCUT2D eigenvalue weighted by Crippen LogP contribution is 2.14. The number of aromatic nitrogens is 4. The molecule has 0 bridgehead atoms. The van der Waals surface area contributed by atoms with Crippen molar-refractivity contribution in [3.8, 4) is 11.5 Å². The molecule has 7 heteroatoms. The van der Waals surface area contributed by atoms with Gasteiger partial charge in [0.1, 0.15) is 12.2 Å². The van der Waals surface area contributed by atoms with Gasteiger partial charge < -0.3 is 5.32 Å². The first-order valence-electron chi connectivity index (χ1n) is 8.16. The van der Waals surface area contributed by atoms with Crippen molar-refractivity contribution in [2.24, 2.45) is 0 Å². The number of anilines is 1. The van der Waals surface area contributed by atoms with Gasteiger partial charge in [-0.25, -0.2) is 9.97 Å². The van der Waals surface area contributed by atoms with E-state index in [0.29, 0.717) is 28.5 Å². The molecule has 26 heavy (non-hydrogen) atoms. The molecule has 7 nitrogen and oxygen atoms in total. The van der Waals surface area contributed by atoms with Gasteiger partial charge in [-0.2, -0.15) is 0 Å². The highest BCUT2D eigenvalue weighted by Gasteiger charge is 2.16. The van der Waals surface area contributed by atoms with E-state index in [4.69, 9.17) is 0 Å². The van der Waals surface area contributed by atoms with E-state index in [-0.39, 0.29) is 18.0 Å². The summed E-state index contributed by atoms with van der Waals surface area (Å²) < 4.78 is 1.33. The van der Waals surface area contributed by atoms with Crippen molar-refractivity contribution in [1.82, 2.24) is 19.5 Å². The molecule has 3 aromatic rings. The molecule has 0 atom stereocenters. The van der Waals surface area contributed by atoms with Crippen LogP contribution in [0.5, 0.6) is 0 Å². The summed E-state index contributed by atoms with van der Waals surface area (Å²) in [7, 11) is 0. The highest BCUT2D eigenvalue weighted by atomic mass is 16.2. The van der Waals surface area contributed by atoms with Gasteiger partial charge in [0.2, 0.25) is 5.91 Å². The molecule has 3 rings (SSSR count). The van der Waals surface area contributed by atoms with Crippen molar-refractivity contribution in [3.05, 3.63) is 70.0 Å². The van der Waals surface area contributed by atoms with Crippen LogP contribution in [0.25, 0.3) is 11.5 Å². The third kappa shape index (κ3) is 3.66. The smallest absolute Gasteiger partial charge is 0.257 e. The fourth-order valence-electron chi connectivity index (χ4n) is 2.49. The van der Waals surface area contributed by atoms with Crippen LogP contribution in [0.4, 0.5) is 5.69 Å². The number of carbonyl (C=O) groups excluding carboxylic acids is 1. The summed E-state index contributed by atoms with van der Waals surface area (Å²) in [5, 5.41) is 2.80. The molecule has 1 amide bonds. The predicted molar refractivity (Wildman–Crippen MR) is 98.8 cm³/mol. The van der Waals surface area contributed by atoms with Gasteiger partial charge in [0.05, 0.1) is 6.20 Å². The van der Waals surface area contributed by atoms with Crippen LogP contribution in [0.3, 0.4) is 0 Å². The molecule has 1 N–H and O–H groups in total. The summed E-state index contributed by atoms with van der Waals surface area (Å²) in [6.45, 7) is 5.26. The summed E-state index contributed by atoms with van der Waals surface area (Å²) in [6, 6.07) is 7.45. The van der Waals surface area contributed by atoms with E-state index in [0.717, 1.165) is 5.56 Å². The maximum atomic E-state index is 12.7. The molecule has 2 heterocycles. The molecule has 0 aliphatic heterocycles. The molecular weight excluding hydrogens is 330 g/mol. The molecule has 0 aliphatic rings. The van der Waals surface area contributed by atoms with E-state index in [1.54, 1.807) is 13.8 Å². The SMILES string of the molecule is Cc1ccc(NC(=O)Cn2c(-c3cnccn3)nc(C)c(C)c2=O)cc1. The van der Waals surface area contributed by atoms with E-state index < -0.39 is 0 Å². The Morgan fingerprint density at radius 3 is 2.50 bits per heavy atom. The summed E-state index contributed by atoms with van der Waals surface area (Å²) in [4.78, 5) is 37.9. The Labute approximate surface area is 150 Å². The van der Waals surface area contributed by atoms with E-state index in [1.807, 2.05) is 31.2 Å². The predicted octanol–water partition coefficient (Wildman–Crippen LogP) is 2.26. The molecule has 0 saturated carbocycles. The second kappa shape index (κ2) is 7.26. The van der Waals surface area contributed by atoms with Crippen molar-refractivity contribution in [2.45, 2.75) is 27.3 Å². The molecule has 1 aromatic carbocycles. The first kappa shape index (κ1) is 17.5. The molecule has 0 saturated heterocycles. The average Bonchev–Trinajstić information content (AvgIpc) is 2.64. The Kier molecular flexibility index (Phi) is 4.88. The molecule has 0 unspecified atom stereocenters. The molecule has 0 radical (unpaired) electrons. The van der Waals surface area contributed by atoms with Crippen LogP contribution in [-0.2, 0) is 11.3 Å². The third-order valence-electron chi connectivity index (χ3n) is 4.07. The van der Waals surface area contributed by atoms with E-state index >= 15 is 0 Å². The molecule has 0 spiro atoms. The number of aryl methyl sites for hydroxylation is 2. The highest BCUT2D eigenvalue weighted by molar-refractivity contribution is 5.90. The number of hydrogen-bond donors (Lipinski definition) is 1. The Morgan fingerprint density at radius 2 is 1.85 bits per heavy atom. The fourth-order valence-corrected chi connectivity index (χ4v) is 2.49. The normalized spacial score (nSPS) is 10.6. The summed E-state index contributed by atoms with van der Waals surface area (Å²) >= 11 is 0. The maximum absolute atomic E-state index is 12.7.